The number of Topliss-reactive ketones (excluding diaryl/α,β-unsaturated/α-hetero) is 1. The molecule has 7 rings (SSSR count). The van der Waals surface area contributed by atoms with Gasteiger partial charge in [0, 0.05) is 73.0 Å². The van der Waals surface area contributed by atoms with E-state index in [2.05, 4.69) is 46.0 Å². The Kier molecular flexibility index (Phi) is 20.3. The van der Waals surface area contributed by atoms with E-state index in [-0.39, 0.29) is 34.8 Å². The van der Waals surface area contributed by atoms with Gasteiger partial charge in [-0.2, -0.15) is 4.98 Å². The molecule has 1 aliphatic heterocycles. The summed E-state index contributed by atoms with van der Waals surface area (Å²) < 4.78 is 29.7. The number of carbonyl (C=O) groups is 3. The molecule has 1 saturated carbocycles. The lowest BCUT2D eigenvalue weighted by atomic mass is 10.0. The van der Waals surface area contributed by atoms with Crippen molar-refractivity contribution >= 4 is 68.2 Å². The van der Waals surface area contributed by atoms with E-state index in [1.54, 1.807) is 17.7 Å². The molecule has 388 valence electrons. The summed E-state index contributed by atoms with van der Waals surface area (Å²) in [6.45, 7) is 17.8. The fraction of sp³-hybridized carbons (Fsp3) is 0.529. The molecule has 4 N–H and O–H groups in total. The molecule has 21 heteroatoms. The Bertz CT molecular complexity index is 2630. The topological polar surface area (TPSA) is 226 Å². The number of aromatic nitrogens is 5. The maximum Gasteiger partial charge on any atom is 0.263 e. The van der Waals surface area contributed by atoms with Crippen molar-refractivity contribution < 1.29 is 38.1 Å². The van der Waals surface area contributed by atoms with Crippen LogP contribution in [0.1, 0.15) is 81.1 Å². The van der Waals surface area contributed by atoms with E-state index in [0.29, 0.717) is 125 Å². The van der Waals surface area contributed by atoms with Crippen molar-refractivity contribution in [3.63, 3.8) is 0 Å². The van der Waals surface area contributed by atoms with Crippen LogP contribution in [0.2, 0.25) is 0 Å². The number of nitrogens with one attached hydrogen (secondary N) is 4. The minimum absolute atomic E-state index is 0.000773. The van der Waals surface area contributed by atoms with Gasteiger partial charge in [0.15, 0.2) is 10.9 Å². The highest BCUT2D eigenvalue weighted by Gasteiger charge is 2.26. The van der Waals surface area contributed by atoms with Crippen LogP contribution < -0.4 is 31.7 Å². The summed E-state index contributed by atoms with van der Waals surface area (Å²) in [6, 6.07) is 9.58. The van der Waals surface area contributed by atoms with Gasteiger partial charge >= 0.3 is 0 Å². The fourth-order valence-electron chi connectivity index (χ4n) is 8.67. The van der Waals surface area contributed by atoms with Crippen molar-refractivity contribution in [2.24, 2.45) is 0 Å². The summed E-state index contributed by atoms with van der Waals surface area (Å²) in [5, 5.41) is 13.6. The van der Waals surface area contributed by atoms with E-state index in [0.717, 1.165) is 79.4 Å². The number of rotatable bonds is 28. The van der Waals surface area contributed by atoms with Gasteiger partial charge in [-0.3, -0.25) is 34.0 Å². The van der Waals surface area contributed by atoms with E-state index in [1.807, 2.05) is 57.3 Å². The van der Waals surface area contributed by atoms with Gasteiger partial charge in [-0.1, -0.05) is 18.9 Å². The number of anilines is 5. The van der Waals surface area contributed by atoms with Gasteiger partial charge in [0.2, 0.25) is 11.9 Å². The Balaban J connectivity index is 0.664. The molecule has 5 heterocycles. The molecular weight excluding hydrogens is 943 g/mol. The second-order valence-corrected chi connectivity index (χ2v) is 19.1. The summed E-state index contributed by atoms with van der Waals surface area (Å²) in [5.74, 6) is 0.423. The minimum atomic E-state index is -0.284. The van der Waals surface area contributed by atoms with Crippen molar-refractivity contribution in [1.29, 1.82) is 0 Å². The quantitative estimate of drug-likeness (QED) is 0.0352. The van der Waals surface area contributed by atoms with Gasteiger partial charge < -0.3 is 44.5 Å². The molecule has 4 aromatic heterocycles. The highest BCUT2D eigenvalue weighted by Crippen LogP contribution is 2.32. The molecular formula is C51H69N11O9S. The molecule has 0 atom stereocenters. The van der Waals surface area contributed by atoms with Gasteiger partial charge in [-0.15, -0.1) is 11.3 Å². The van der Waals surface area contributed by atoms with E-state index >= 15 is 0 Å². The zero-order chi connectivity index (χ0) is 50.8. The first kappa shape index (κ1) is 53.8. The summed E-state index contributed by atoms with van der Waals surface area (Å²) in [5.41, 5.74) is 5.28. The highest BCUT2D eigenvalue weighted by atomic mass is 32.1. The molecule has 0 radical (unpaired) electrons. The third-order valence-corrected chi connectivity index (χ3v) is 13.7. The summed E-state index contributed by atoms with van der Waals surface area (Å²) in [7, 11) is 0. The lowest BCUT2D eigenvalue weighted by Crippen LogP contribution is -2.49. The number of pyridine rings is 2. The molecule has 5 aromatic rings. The Morgan fingerprint density at radius 1 is 0.764 bits per heavy atom. The normalized spacial score (nSPS) is 14.3. The van der Waals surface area contributed by atoms with Crippen LogP contribution in [0.4, 0.5) is 28.3 Å². The predicted molar refractivity (Wildman–Crippen MR) is 279 cm³/mol. The minimum Gasteiger partial charge on any atom is -0.383 e. The van der Waals surface area contributed by atoms with Gasteiger partial charge in [-0.05, 0) is 82.9 Å². The molecule has 2 aliphatic rings. The Hall–Kier alpha value is -5.94. The Morgan fingerprint density at radius 3 is 2.03 bits per heavy atom. The number of aryl methyl sites for hydroxylation is 4. The number of amides is 2. The van der Waals surface area contributed by atoms with Crippen molar-refractivity contribution in [2.75, 3.05) is 133 Å². The first-order valence-electron chi connectivity index (χ1n) is 24.8. The third-order valence-electron chi connectivity index (χ3n) is 12.7. The van der Waals surface area contributed by atoms with E-state index in [4.69, 9.17) is 28.7 Å². The molecule has 2 fully saturated rings. The van der Waals surface area contributed by atoms with E-state index < -0.39 is 0 Å². The average molecular weight is 1010 g/mol. The number of hydrogen-bond donors (Lipinski definition) is 4. The van der Waals surface area contributed by atoms with Gasteiger partial charge in [-0.25, -0.2) is 15.0 Å². The number of nitrogens with zero attached hydrogens (tertiary/aromatic N) is 7. The summed E-state index contributed by atoms with van der Waals surface area (Å²) in [4.78, 5) is 75.3. The van der Waals surface area contributed by atoms with Crippen LogP contribution in [-0.2, 0) is 28.5 Å². The van der Waals surface area contributed by atoms with Crippen LogP contribution in [0.3, 0.4) is 0 Å². The SMILES string of the molecule is CC(=O)c1c(C)c2cnc(Nc3ccc(N4CCN(CC(=O)NCCOCCOCCOCCOCCOCCNc5ccc(C)c(C(=O)Nc6nc(C)c(C)s6)c5)CC4)cn3)nc2n(C2CCCC2)c1=O. The second kappa shape index (κ2) is 27.2. The lowest BCUT2D eigenvalue weighted by molar-refractivity contribution is -0.122. The van der Waals surface area contributed by atoms with Gasteiger partial charge in [0.1, 0.15) is 11.5 Å². The van der Waals surface area contributed by atoms with Crippen molar-refractivity contribution in [3.8, 4) is 0 Å². The number of thiazole rings is 1. The van der Waals surface area contributed by atoms with Crippen LogP contribution >= 0.6 is 11.3 Å². The molecule has 0 bridgehead atoms. The fourth-order valence-corrected chi connectivity index (χ4v) is 9.48. The van der Waals surface area contributed by atoms with Crippen molar-refractivity contribution in [2.45, 2.75) is 66.3 Å². The van der Waals surface area contributed by atoms with Crippen LogP contribution in [0, 0.1) is 27.7 Å². The van der Waals surface area contributed by atoms with Crippen LogP contribution in [0.5, 0.6) is 0 Å². The summed E-state index contributed by atoms with van der Waals surface area (Å²) >= 11 is 1.47. The zero-order valence-corrected chi connectivity index (χ0v) is 43.0. The highest BCUT2D eigenvalue weighted by molar-refractivity contribution is 7.15. The first-order chi connectivity index (χ1) is 34.9. The molecule has 0 unspecified atom stereocenters. The second-order valence-electron chi connectivity index (χ2n) is 17.9. The van der Waals surface area contributed by atoms with Crippen molar-refractivity contribution in [1.82, 2.24) is 34.7 Å². The Labute approximate surface area is 424 Å². The maximum absolute atomic E-state index is 13.6. The van der Waals surface area contributed by atoms with Gasteiger partial charge in [0.05, 0.1) is 95.8 Å². The number of benzene rings is 1. The van der Waals surface area contributed by atoms with E-state index in [1.165, 1.54) is 18.3 Å². The standard InChI is InChI=1S/C51H69N11O9S/c1-34-10-11-39(30-42(34)48(65)59-51-56-36(3)38(5)72-51)52-14-20-67-22-24-69-26-28-71-29-27-70-25-23-68-21-15-53-45(64)33-60-16-18-61(19-17-60)41-12-13-44(54-31-41)57-50-55-32-43-35(2)46(37(4)63)49(66)62(47(43)58-50)40-8-6-7-9-40/h10-13,30-32,40,52H,6-9,14-29,33H2,1-5H3,(H,53,64)(H,56,59,65)(H,54,55,57,58). The van der Waals surface area contributed by atoms with Gasteiger partial charge in [0.25, 0.3) is 11.5 Å². The maximum atomic E-state index is 13.6. The predicted octanol–water partition coefficient (Wildman–Crippen LogP) is 5.62. The molecule has 2 amide bonds. The first-order valence-corrected chi connectivity index (χ1v) is 25.6. The van der Waals surface area contributed by atoms with Crippen molar-refractivity contribution in [3.05, 3.63) is 85.9 Å². The number of fused-ring (bicyclic) bond motifs is 1. The van der Waals surface area contributed by atoms with E-state index in [9.17, 15) is 19.2 Å². The number of ether oxygens (including phenoxy) is 5. The molecule has 1 saturated heterocycles. The number of piperazine rings is 1. The molecule has 1 aliphatic carbocycles. The number of ketones is 1. The number of carbonyl (C=O) groups excluding carboxylic acids is 3. The molecule has 0 spiro atoms. The van der Waals surface area contributed by atoms with Crippen LogP contribution in [0.25, 0.3) is 11.0 Å². The third kappa shape index (κ3) is 15.3. The van der Waals surface area contributed by atoms with Crippen LogP contribution in [-0.4, -0.2) is 159 Å². The molecule has 72 heavy (non-hydrogen) atoms. The Morgan fingerprint density at radius 2 is 1.42 bits per heavy atom. The smallest absolute Gasteiger partial charge is 0.263 e. The largest absolute Gasteiger partial charge is 0.383 e. The zero-order valence-electron chi connectivity index (χ0n) is 42.2. The number of hydrogen-bond acceptors (Lipinski definition) is 18. The van der Waals surface area contributed by atoms with Crippen LogP contribution in [0.15, 0.2) is 47.5 Å². The monoisotopic (exact) mass is 1010 g/mol. The summed E-state index contributed by atoms with van der Waals surface area (Å²) in [6.07, 6.45) is 7.30. The molecule has 1 aromatic carbocycles. The average Bonchev–Trinajstić information content (AvgIpc) is 4.01. The molecule has 20 nitrogen and oxygen atoms in total. The lowest BCUT2D eigenvalue weighted by Gasteiger charge is -2.35.